The van der Waals surface area contributed by atoms with Gasteiger partial charge < -0.3 is 15.2 Å². The maximum absolute atomic E-state index is 9.47. The molecule has 2 N–H and O–H groups in total. The van der Waals surface area contributed by atoms with E-state index in [0.717, 1.165) is 12.1 Å². The fourth-order valence-electron chi connectivity index (χ4n) is 1.21. The SMILES string of the molecule is CCC(O)CNc1cccnc1OC(C)C. The van der Waals surface area contributed by atoms with Crippen LogP contribution in [0.4, 0.5) is 5.69 Å². The van der Waals surface area contributed by atoms with Crippen LogP contribution in [-0.2, 0) is 0 Å². The second kappa shape index (κ2) is 6.33. The molecule has 0 fully saturated rings. The Morgan fingerprint density at radius 1 is 1.50 bits per heavy atom. The molecule has 1 aromatic rings. The van der Waals surface area contributed by atoms with Crippen molar-refractivity contribution < 1.29 is 9.84 Å². The Hall–Kier alpha value is -1.29. The van der Waals surface area contributed by atoms with E-state index in [4.69, 9.17) is 4.74 Å². The first-order valence-electron chi connectivity index (χ1n) is 5.67. The van der Waals surface area contributed by atoms with Crippen LogP contribution in [0.5, 0.6) is 5.88 Å². The number of ether oxygens (including phenoxy) is 1. The summed E-state index contributed by atoms with van der Waals surface area (Å²) < 4.78 is 5.56. The minimum Gasteiger partial charge on any atom is -0.473 e. The molecule has 4 heteroatoms. The molecule has 4 nitrogen and oxygen atoms in total. The van der Waals surface area contributed by atoms with Crippen LogP contribution >= 0.6 is 0 Å². The number of nitrogens with one attached hydrogen (secondary N) is 1. The maximum Gasteiger partial charge on any atom is 0.237 e. The number of aromatic nitrogens is 1. The molecule has 0 aliphatic rings. The molecule has 1 rings (SSSR count). The van der Waals surface area contributed by atoms with Gasteiger partial charge in [-0.15, -0.1) is 0 Å². The van der Waals surface area contributed by atoms with Crippen LogP contribution in [0, 0.1) is 0 Å². The molecule has 1 heterocycles. The van der Waals surface area contributed by atoms with E-state index in [2.05, 4.69) is 10.3 Å². The molecule has 1 unspecified atom stereocenters. The summed E-state index contributed by atoms with van der Waals surface area (Å²) in [4.78, 5) is 4.16. The summed E-state index contributed by atoms with van der Waals surface area (Å²) in [5.41, 5.74) is 0.823. The highest BCUT2D eigenvalue weighted by Crippen LogP contribution is 2.21. The Balaban J connectivity index is 2.63. The van der Waals surface area contributed by atoms with Crippen LogP contribution < -0.4 is 10.1 Å². The highest BCUT2D eigenvalue weighted by atomic mass is 16.5. The van der Waals surface area contributed by atoms with Gasteiger partial charge in [0.2, 0.25) is 5.88 Å². The van der Waals surface area contributed by atoms with Gasteiger partial charge in [-0.2, -0.15) is 0 Å². The minimum atomic E-state index is -0.341. The Morgan fingerprint density at radius 3 is 2.88 bits per heavy atom. The van der Waals surface area contributed by atoms with E-state index in [-0.39, 0.29) is 12.2 Å². The first-order valence-corrected chi connectivity index (χ1v) is 5.67. The molecular formula is C12H20N2O2. The predicted molar refractivity (Wildman–Crippen MR) is 64.8 cm³/mol. The quantitative estimate of drug-likeness (QED) is 0.776. The highest BCUT2D eigenvalue weighted by molar-refractivity contribution is 5.52. The van der Waals surface area contributed by atoms with Gasteiger partial charge in [0.25, 0.3) is 0 Å². The molecule has 0 aliphatic heterocycles. The van der Waals surface area contributed by atoms with E-state index in [0.29, 0.717) is 12.4 Å². The molecule has 1 aromatic heterocycles. The first kappa shape index (κ1) is 12.8. The van der Waals surface area contributed by atoms with Crippen LogP contribution in [0.1, 0.15) is 27.2 Å². The molecule has 0 bridgehead atoms. The topological polar surface area (TPSA) is 54.4 Å². The Bertz CT molecular complexity index is 316. The lowest BCUT2D eigenvalue weighted by Gasteiger charge is -2.15. The van der Waals surface area contributed by atoms with Gasteiger partial charge in [0.15, 0.2) is 0 Å². The van der Waals surface area contributed by atoms with Crippen molar-refractivity contribution in [3.8, 4) is 5.88 Å². The smallest absolute Gasteiger partial charge is 0.237 e. The average molecular weight is 224 g/mol. The molecule has 0 saturated carbocycles. The molecule has 0 saturated heterocycles. The van der Waals surface area contributed by atoms with Gasteiger partial charge in [0.05, 0.1) is 17.9 Å². The highest BCUT2D eigenvalue weighted by Gasteiger charge is 2.07. The zero-order valence-corrected chi connectivity index (χ0v) is 10.1. The number of aliphatic hydroxyl groups is 1. The zero-order valence-electron chi connectivity index (χ0n) is 10.1. The molecule has 0 spiro atoms. The molecular weight excluding hydrogens is 204 g/mol. The van der Waals surface area contributed by atoms with Crippen molar-refractivity contribution in [1.29, 1.82) is 0 Å². The standard InChI is InChI=1S/C12H20N2O2/c1-4-10(15)8-14-11-6-5-7-13-12(11)16-9(2)3/h5-7,9-10,14-15H,4,8H2,1-3H3. The number of rotatable bonds is 6. The number of hydrogen-bond donors (Lipinski definition) is 2. The summed E-state index contributed by atoms with van der Waals surface area (Å²) in [7, 11) is 0. The monoisotopic (exact) mass is 224 g/mol. The van der Waals surface area contributed by atoms with Crippen molar-refractivity contribution in [2.75, 3.05) is 11.9 Å². The number of aliphatic hydroxyl groups excluding tert-OH is 1. The fourth-order valence-corrected chi connectivity index (χ4v) is 1.21. The van der Waals surface area contributed by atoms with Gasteiger partial charge in [-0.05, 0) is 32.4 Å². The normalized spacial score (nSPS) is 12.6. The van der Waals surface area contributed by atoms with Gasteiger partial charge in [0.1, 0.15) is 0 Å². The van der Waals surface area contributed by atoms with E-state index < -0.39 is 0 Å². The van der Waals surface area contributed by atoms with Gasteiger partial charge in [-0.25, -0.2) is 4.98 Å². The van der Waals surface area contributed by atoms with Gasteiger partial charge in [0, 0.05) is 12.7 Å². The van der Waals surface area contributed by atoms with Crippen molar-refractivity contribution in [2.45, 2.75) is 39.4 Å². The molecule has 0 aromatic carbocycles. The number of hydrogen-bond acceptors (Lipinski definition) is 4. The van der Waals surface area contributed by atoms with Crippen LogP contribution in [0.15, 0.2) is 18.3 Å². The van der Waals surface area contributed by atoms with Crippen molar-refractivity contribution in [3.05, 3.63) is 18.3 Å². The average Bonchev–Trinajstić information content (AvgIpc) is 2.26. The van der Waals surface area contributed by atoms with Crippen LogP contribution in [0.2, 0.25) is 0 Å². The second-order valence-electron chi connectivity index (χ2n) is 3.97. The predicted octanol–water partition coefficient (Wildman–Crippen LogP) is 2.05. The van der Waals surface area contributed by atoms with Gasteiger partial charge in [-0.3, -0.25) is 0 Å². The van der Waals surface area contributed by atoms with E-state index in [1.165, 1.54) is 0 Å². The van der Waals surface area contributed by atoms with Crippen LogP contribution in [0.25, 0.3) is 0 Å². The molecule has 0 amide bonds. The third-order valence-electron chi connectivity index (χ3n) is 2.12. The molecule has 0 aliphatic carbocycles. The van der Waals surface area contributed by atoms with E-state index in [9.17, 15) is 5.11 Å². The third-order valence-corrected chi connectivity index (χ3v) is 2.12. The summed E-state index contributed by atoms with van der Waals surface area (Å²) in [6, 6.07) is 3.74. The lowest BCUT2D eigenvalue weighted by molar-refractivity contribution is 0.183. The summed E-state index contributed by atoms with van der Waals surface area (Å²) in [6.45, 7) is 6.37. The summed E-state index contributed by atoms with van der Waals surface area (Å²) in [5, 5.41) is 12.6. The molecule has 16 heavy (non-hydrogen) atoms. The van der Waals surface area contributed by atoms with Crippen molar-refractivity contribution in [1.82, 2.24) is 4.98 Å². The second-order valence-corrected chi connectivity index (χ2v) is 3.97. The number of anilines is 1. The third kappa shape index (κ3) is 4.06. The zero-order chi connectivity index (χ0) is 12.0. The van der Waals surface area contributed by atoms with Crippen molar-refractivity contribution in [2.24, 2.45) is 0 Å². The van der Waals surface area contributed by atoms with E-state index in [1.807, 2.05) is 32.9 Å². The number of pyridine rings is 1. The Kier molecular flexibility index (Phi) is 5.05. The lowest BCUT2D eigenvalue weighted by Crippen LogP contribution is -2.19. The van der Waals surface area contributed by atoms with E-state index in [1.54, 1.807) is 6.20 Å². The van der Waals surface area contributed by atoms with Crippen molar-refractivity contribution in [3.63, 3.8) is 0 Å². The molecule has 90 valence electrons. The Morgan fingerprint density at radius 2 is 2.25 bits per heavy atom. The van der Waals surface area contributed by atoms with E-state index >= 15 is 0 Å². The lowest BCUT2D eigenvalue weighted by atomic mass is 10.2. The summed E-state index contributed by atoms with van der Waals surface area (Å²) in [6.07, 6.45) is 2.17. The van der Waals surface area contributed by atoms with Gasteiger partial charge in [-0.1, -0.05) is 6.92 Å². The van der Waals surface area contributed by atoms with Crippen molar-refractivity contribution >= 4 is 5.69 Å². The minimum absolute atomic E-state index is 0.0894. The maximum atomic E-state index is 9.47. The first-order chi connectivity index (χ1) is 7.63. The Labute approximate surface area is 96.7 Å². The summed E-state index contributed by atoms with van der Waals surface area (Å²) >= 11 is 0. The molecule has 1 atom stereocenters. The largest absolute Gasteiger partial charge is 0.473 e. The fraction of sp³-hybridized carbons (Fsp3) is 0.583. The van der Waals surface area contributed by atoms with Gasteiger partial charge >= 0.3 is 0 Å². The van der Waals surface area contributed by atoms with Crippen LogP contribution in [0.3, 0.4) is 0 Å². The van der Waals surface area contributed by atoms with Crippen LogP contribution in [-0.4, -0.2) is 28.8 Å². The number of nitrogens with zero attached hydrogens (tertiary/aromatic N) is 1. The molecule has 0 radical (unpaired) electrons. The summed E-state index contributed by atoms with van der Waals surface area (Å²) in [5.74, 6) is 0.584.